The second-order valence-corrected chi connectivity index (χ2v) is 2.90. The molecule has 0 bridgehead atoms. The van der Waals surface area contributed by atoms with Crippen molar-refractivity contribution in [2.24, 2.45) is 0 Å². The maximum Gasteiger partial charge on any atom is 0.394 e. The Bertz CT molecular complexity index is 198. The first kappa shape index (κ1) is 12.9. The van der Waals surface area contributed by atoms with Crippen LogP contribution in [0.1, 0.15) is 13.8 Å². The van der Waals surface area contributed by atoms with E-state index in [1.54, 1.807) is 0 Å². The van der Waals surface area contributed by atoms with E-state index in [-0.39, 0.29) is 0 Å². The van der Waals surface area contributed by atoms with E-state index >= 15 is 0 Å². The van der Waals surface area contributed by atoms with Gasteiger partial charge in [0.05, 0.1) is 0 Å². The monoisotopic (exact) mass is 202 g/mol. The van der Waals surface area contributed by atoms with Crippen molar-refractivity contribution in [2.75, 3.05) is 33.2 Å². The summed E-state index contributed by atoms with van der Waals surface area (Å²) < 4.78 is 0. The van der Waals surface area contributed by atoms with Crippen LogP contribution in [0.3, 0.4) is 0 Å². The summed E-state index contributed by atoms with van der Waals surface area (Å²) in [5.41, 5.74) is 0. The first-order valence-electron chi connectivity index (χ1n) is 4.82. The largest absolute Gasteiger partial charge is 0.474 e. The minimum absolute atomic E-state index is 0.516. The van der Waals surface area contributed by atoms with E-state index in [1.165, 1.54) is 4.90 Å². The lowest BCUT2D eigenvalue weighted by Gasteiger charge is -2.31. The zero-order chi connectivity index (χ0) is 11.1. The second kappa shape index (κ2) is 6.37. The van der Waals surface area contributed by atoms with Crippen LogP contribution in [0.25, 0.3) is 0 Å². The smallest absolute Gasteiger partial charge is 0.394 e. The number of hydrogen-bond donors (Lipinski definition) is 1. The van der Waals surface area contributed by atoms with Crippen LogP contribution in [0.5, 0.6) is 0 Å². The first-order valence-corrected chi connectivity index (χ1v) is 4.82. The molecule has 0 spiro atoms. The lowest BCUT2D eigenvalue weighted by atomic mass is 10.3. The van der Waals surface area contributed by atoms with Gasteiger partial charge in [0.25, 0.3) is 0 Å². The molecule has 1 heterocycles. The van der Waals surface area contributed by atoms with Gasteiger partial charge in [-0.2, -0.15) is 0 Å². The third-order valence-electron chi connectivity index (χ3n) is 1.97. The highest BCUT2D eigenvalue weighted by Gasteiger charge is 2.23. The lowest BCUT2D eigenvalue weighted by Crippen LogP contribution is -2.49. The fraction of sp³-hybridized carbons (Fsp3) is 0.778. The van der Waals surface area contributed by atoms with Gasteiger partial charge in [-0.1, -0.05) is 13.8 Å². The summed E-state index contributed by atoms with van der Waals surface area (Å²) in [7, 11) is 1.95. The van der Waals surface area contributed by atoms with Crippen molar-refractivity contribution in [3.8, 4) is 0 Å². The number of amides is 1. The molecule has 5 nitrogen and oxygen atoms in total. The van der Waals surface area contributed by atoms with Crippen molar-refractivity contribution >= 4 is 11.9 Å². The summed E-state index contributed by atoms with van der Waals surface area (Å²) in [5.74, 6) is -2.15. The molecule has 0 aromatic rings. The molecule has 1 aliphatic rings. The molecule has 1 rings (SSSR count). The van der Waals surface area contributed by atoms with Gasteiger partial charge in [-0.3, -0.25) is 4.79 Å². The predicted molar refractivity (Wildman–Crippen MR) is 53.1 cm³/mol. The summed E-state index contributed by atoms with van der Waals surface area (Å²) in [5, 5.41) is 8.40. The van der Waals surface area contributed by atoms with Gasteiger partial charge in [0.2, 0.25) is 0 Å². The molecule has 0 aromatic heterocycles. The molecule has 14 heavy (non-hydrogen) atoms. The van der Waals surface area contributed by atoms with Crippen LogP contribution in [0.15, 0.2) is 0 Å². The fourth-order valence-corrected chi connectivity index (χ4v) is 1.14. The highest BCUT2D eigenvalue weighted by Crippen LogP contribution is 1.98. The summed E-state index contributed by atoms with van der Waals surface area (Å²) in [6.45, 7) is 6.53. The van der Waals surface area contributed by atoms with Crippen LogP contribution in [0, 0.1) is 0 Å². The molecule has 0 atom stereocenters. The molecule has 1 aliphatic heterocycles. The fourth-order valence-electron chi connectivity index (χ4n) is 1.14. The normalized spacial score (nSPS) is 16.9. The molecule has 0 aliphatic carbocycles. The number of carbonyl (C=O) groups is 2. The topological polar surface area (TPSA) is 60.9 Å². The Labute approximate surface area is 84.3 Å². The molecule has 1 fully saturated rings. The zero-order valence-corrected chi connectivity index (χ0v) is 8.99. The minimum atomic E-state index is -1.36. The average Bonchev–Trinajstić information content (AvgIpc) is 2.21. The van der Waals surface area contributed by atoms with Crippen LogP contribution in [0.2, 0.25) is 0 Å². The Morgan fingerprint density at radius 2 is 1.50 bits per heavy atom. The standard InChI is InChI=1S/C7H12N2O3.C2H6/c1-8-2-4-9(5-3-8)6(10)7(11)12;1-2/h2-5H2,1H3,(H,11,12);1-2H3. The van der Waals surface area contributed by atoms with Crippen molar-refractivity contribution in [3.63, 3.8) is 0 Å². The van der Waals surface area contributed by atoms with Gasteiger partial charge in [0.1, 0.15) is 0 Å². The summed E-state index contributed by atoms with van der Waals surface area (Å²) in [4.78, 5) is 24.6. The lowest BCUT2D eigenvalue weighted by molar-refractivity contribution is -0.156. The number of hydrogen-bond acceptors (Lipinski definition) is 3. The van der Waals surface area contributed by atoms with E-state index in [1.807, 2.05) is 20.9 Å². The quantitative estimate of drug-likeness (QED) is 0.556. The third-order valence-corrected chi connectivity index (χ3v) is 1.97. The third kappa shape index (κ3) is 3.74. The van der Waals surface area contributed by atoms with Crippen LogP contribution in [-0.2, 0) is 9.59 Å². The van der Waals surface area contributed by atoms with E-state index in [9.17, 15) is 9.59 Å². The molecular weight excluding hydrogens is 184 g/mol. The Morgan fingerprint density at radius 3 is 1.86 bits per heavy atom. The van der Waals surface area contributed by atoms with Crippen molar-refractivity contribution in [3.05, 3.63) is 0 Å². The van der Waals surface area contributed by atoms with E-state index in [2.05, 4.69) is 4.90 Å². The molecule has 0 unspecified atom stereocenters. The Kier molecular flexibility index (Phi) is 5.87. The number of likely N-dealkylation sites (N-methyl/N-ethyl adjacent to an activating group) is 1. The molecule has 0 aromatic carbocycles. The predicted octanol–water partition coefficient (Wildman–Crippen LogP) is -0.129. The number of aliphatic carboxylic acids is 1. The molecule has 0 saturated carbocycles. The SMILES string of the molecule is CC.CN1CCN(C(=O)C(=O)O)CC1. The Balaban J connectivity index is 0.000000791. The van der Waals surface area contributed by atoms with E-state index in [0.717, 1.165) is 13.1 Å². The van der Waals surface area contributed by atoms with Crippen LogP contribution < -0.4 is 0 Å². The molecular formula is C9H18N2O3. The average molecular weight is 202 g/mol. The van der Waals surface area contributed by atoms with E-state index < -0.39 is 11.9 Å². The van der Waals surface area contributed by atoms with Gasteiger partial charge >= 0.3 is 11.9 Å². The van der Waals surface area contributed by atoms with Gasteiger partial charge in [-0.05, 0) is 7.05 Å². The Morgan fingerprint density at radius 1 is 1.07 bits per heavy atom. The molecule has 82 valence electrons. The highest BCUT2D eigenvalue weighted by molar-refractivity contribution is 6.31. The van der Waals surface area contributed by atoms with Crippen molar-refractivity contribution in [1.82, 2.24) is 9.80 Å². The summed E-state index contributed by atoms with van der Waals surface area (Å²) in [6, 6.07) is 0. The Hall–Kier alpha value is -1.10. The maximum atomic E-state index is 10.9. The van der Waals surface area contributed by atoms with Crippen LogP contribution in [-0.4, -0.2) is 60.0 Å². The number of carbonyl (C=O) groups excluding carboxylic acids is 1. The maximum absolute atomic E-state index is 10.9. The van der Waals surface area contributed by atoms with Crippen LogP contribution in [0.4, 0.5) is 0 Å². The molecule has 1 N–H and O–H groups in total. The van der Waals surface area contributed by atoms with Gasteiger partial charge in [-0.25, -0.2) is 4.79 Å². The number of piperazine rings is 1. The number of nitrogens with zero attached hydrogens (tertiary/aromatic N) is 2. The van der Waals surface area contributed by atoms with Gasteiger partial charge in [0.15, 0.2) is 0 Å². The van der Waals surface area contributed by atoms with Gasteiger partial charge < -0.3 is 14.9 Å². The molecule has 5 heteroatoms. The minimum Gasteiger partial charge on any atom is -0.474 e. The van der Waals surface area contributed by atoms with Gasteiger partial charge in [0, 0.05) is 26.2 Å². The van der Waals surface area contributed by atoms with Crippen LogP contribution >= 0.6 is 0 Å². The molecule has 1 amide bonds. The van der Waals surface area contributed by atoms with Crippen molar-refractivity contribution < 1.29 is 14.7 Å². The van der Waals surface area contributed by atoms with Crippen molar-refractivity contribution in [2.45, 2.75) is 13.8 Å². The highest BCUT2D eigenvalue weighted by atomic mass is 16.4. The summed E-state index contributed by atoms with van der Waals surface area (Å²) in [6.07, 6.45) is 0. The van der Waals surface area contributed by atoms with Gasteiger partial charge in [-0.15, -0.1) is 0 Å². The van der Waals surface area contributed by atoms with E-state index in [4.69, 9.17) is 5.11 Å². The number of carboxylic acids is 1. The first-order chi connectivity index (χ1) is 6.61. The van der Waals surface area contributed by atoms with E-state index in [0.29, 0.717) is 13.1 Å². The second-order valence-electron chi connectivity index (χ2n) is 2.90. The molecule has 1 saturated heterocycles. The number of rotatable bonds is 0. The zero-order valence-electron chi connectivity index (χ0n) is 8.99. The number of carboxylic acid groups (broad SMARTS) is 1. The summed E-state index contributed by atoms with van der Waals surface area (Å²) >= 11 is 0. The van der Waals surface area contributed by atoms with Crippen molar-refractivity contribution in [1.29, 1.82) is 0 Å². The molecule has 0 radical (unpaired) electrons.